The van der Waals surface area contributed by atoms with Crippen LogP contribution in [0.3, 0.4) is 0 Å². The zero-order chi connectivity index (χ0) is 14.7. The molecule has 0 saturated heterocycles. The van der Waals surface area contributed by atoms with Crippen molar-refractivity contribution in [3.8, 4) is 11.6 Å². The maximum absolute atomic E-state index is 5.85. The molecule has 2 aromatic rings. The molecule has 0 fully saturated rings. The van der Waals surface area contributed by atoms with Crippen molar-refractivity contribution in [2.45, 2.75) is 20.4 Å². The van der Waals surface area contributed by atoms with Crippen LogP contribution in [0.15, 0.2) is 24.3 Å². The van der Waals surface area contributed by atoms with Gasteiger partial charge in [0.15, 0.2) is 0 Å². The third-order valence-electron chi connectivity index (χ3n) is 3.30. The molecule has 106 valence electrons. The minimum Gasteiger partial charge on any atom is -0.437 e. The number of anilines is 1. The number of nitrogens with zero attached hydrogens (tertiary/aromatic N) is 3. The van der Waals surface area contributed by atoms with Gasteiger partial charge in [0.1, 0.15) is 5.75 Å². The molecule has 2 rings (SSSR count). The van der Waals surface area contributed by atoms with E-state index < -0.39 is 0 Å². The summed E-state index contributed by atoms with van der Waals surface area (Å²) in [5.41, 5.74) is 9.66. The first kappa shape index (κ1) is 14.3. The molecule has 0 aliphatic carbocycles. The molecule has 5 heteroatoms. The number of hydrogen-bond acceptors (Lipinski definition) is 5. The largest absolute Gasteiger partial charge is 0.437 e. The van der Waals surface area contributed by atoms with Crippen LogP contribution in [-0.2, 0) is 6.54 Å². The van der Waals surface area contributed by atoms with E-state index in [2.05, 4.69) is 10.2 Å². The van der Waals surface area contributed by atoms with E-state index in [9.17, 15) is 0 Å². The predicted molar refractivity (Wildman–Crippen MR) is 80.2 cm³/mol. The molecule has 0 bridgehead atoms. The number of hydrogen-bond donors (Lipinski definition) is 1. The molecular formula is C15H20N4O. The second-order valence-electron chi connectivity index (χ2n) is 4.89. The maximum atomic E-state index is 5.85. The summed E-state index contributed by atoms with van der Waals surface area (Å²) < 4.78 is 5.85. The summed E-state index contributed by atoms with van der Waals surface area (Å²) in [4.78, 5) is 2.02. The first-order chi connectivity index (χ1) is 9.52. The van der Waals surface area contributed by atoms with Gasteiger partial charge in [-0.15, -0.1) is 5.10 Å². The Morgan fingerprint density at radius 3 is 2.60 bits per heavy atom. The molecule has 0 radical (unpaired) electrons. The van der Waals surface area contributed by atoms with Gasteiger partial charge < -0.3 is 15.4 Å². The fraction of sp³-hybridized carbons (Fsp3) is 0.333. The zero-order valence-electron chi connectivity index (χ0n) is 12.3. The summed E-state index contributed by atoms with van der Waals surface area (Å²) in [7, 11) is 3.97. The first-order valence-electron chi connectivity index (χ1n) is 6.51. The Kier molecular flexibility index (Phi) is 4.20. The van der Waals surface area contributed by atoms with Crippen molar-refractivity contribution < 1.29 is 4.74 Å². The molecule has 1 aromatic carbocycles. The van der Waals surface area contributed by atoms with Crippen LogP contribution < -0.4 is 15.4 Å². The summed E-state index contributed by atoms with van der Waals surface area (Å²) in [5, 5.41) is 8.21. The van der Waals surface area contributed by atoms with E-state index in [0.29, 0.717) is 12.4 Å². The number of benzene rings is 1. The van der Waals surface area contributed by atoms with Gasteiger partial charge in [0, 0.05) is 38.0 Å². The standard InChI is InChI=1S/C15H20N4O/c1-10-11(2)17-18-15(14(10)9-16)20-13-7-5-6-12(8-13)19(3)4/h5-8H,9,16H2,1-4H3. The lowest BCUT2D eigenvalue weighted by Gasteiger charge is -2.15. The molecule has 5 nitrogen and oxygen atoms in total. The van der Waals surface area contributed by atoms with Crippen LogP contribution in [0.4, 0.5) is 5.69 Å². The third-order valence-corrected chi connectivity index (χ3v) is 3.30. The van der Waals surface area contributed by atoms with E-state index in [1.807, 2.05) is 57.1 Å². The first-order valence-corrected chi connectivity index (χ1v) is 6.51. The number of ether oxygens (including phenoxy) is 1. The Labute approximate surface area is 119 Å². The molecular weight excluding hydrogens is 252 g/mol. The molecule has 0 atom stereocenters. The van der Waals surface area contributed by atoms with E-state index >= 15 is 0 Å². The smallest absolute Gasteiger partial charge is 0.243 e. The summed E-state index contributed by atoms with van der Waals surface area (Å²) in [6.45, 7) is 4.28. The van der Waals surface area contributed by atoms with Crippen molar-refractivity contribution in [2.24, 2.45) is 5.73 Å². The van der Waals surface area contributed by atoms with Crippen LogP contribution in [0.1, 0.15) is 16.8 Å². The quantitative estimate of drug-likeness (QED) is 0.926. The Hall–Kier alpha value is -2.14. The summed E-state index contributed by atoms with van der Waals surface area (Å²) in [6, 6.07) is 7.81. The van der Waals surface area contributed by atoms with Gasteiger partial charge in [-0.1, -0.05) is 6.07 Å². The van der Waals surface area contributed by atoms with E-state index in [1.54, 1.807) is 0 Å². The fourth-order valence-corrected chi connectivity index (χ4v) is 1.89. The Morgan fingerprint density at radius 1 is 1.20 bits per heavy atom. The molecule has 1 heterocycles. The van der Waals surface area contributed by atoms with Crippen LogP contribution in [-0.4, -0.2) is 24.3 Å². The number of aryl methyl sites for hydroxylation is 1. The highest BCUT2D eigenvalue weighted by atomic mass is 16.5. The van der Waals surface area contributed by atoms with Gasteiger partial charge in [0.05, 0.1) is 5.69 Å². The predicted octanol–water partition coefficient (Wildman–Crippen LogP) is 2.41. The molecule has 1 aromatic heterocycles. The van der Waals surface area contributed by atoms with Crippen LogP contribution in [0.25, 0.3) is 0 Å². The van der Waals surface area contributed by atoms with Gasteiger partial charge in [-0.2, -0.15) is 5.10 Å². The Morgan fingerprint density at radius 2 is 1.95 bits per heavy atom. The SMILES string of the molecule is Cc1nnc(Oc2cccc(N(C)C)c2)c(CN)c1C. The van der Waals surface area contributed by atoms with Crippen molar-refractivity contribution in [1.29, 1.82) is 0 Å². The average molecular weight is 272 g/mol. The number of aromatic nitrogens is 2. The van der Waals surface area contributed by atoms with Gasteiger partial charge in [0.2, 0.25) is 5.88 Å². The lowest BCUT2D eigenvalue weighted by Crippen LogP contribution is -2.09. The monoisotopic (exact) mass is 272 g/mol. The molecule has 0 aliphatic rings. The van der Waals surface area contributed by atoms with Crippen molar-refractivity contribution in [3.05, 3.63) is 41.1 Å². The molecule has 2 N–H and O–H groups in total. The maximum Gasteiger partial charge on any atom is 0.243 e. The summed E-state index contributed by atoms with van der Waals surface area (Å²) >= 11 is 0. The zero-order valence-corrected chi connectivity index (χ0v) is 12.3. The van der Waals surface area contributed by atoms with E-state index in [-0.39, 0.29) is 0 Å². The number of rotatable bonds is 4. The van der Waals surface area contributed by atoms with Gasteiger partial charge in [0.25, 0.3) is 0 Å². The van der Waals surface area contributed by atoms with Crippen molar-refractivity contribution in [3.63, 3.8) is 0 Å². The van der Waals surface area contributed by atoms with Crippen molar-refractivity contribution in [1.82, 2.24) is 10.2 Å². The lowest BCUT2D eigenvalue weighted by molar-refractivity contribution is 0.446. The number of nitrogens with two attached hydrogens (primary N) is 1. The van der Waals surface area contributed by atoms with Crippen molar-refractivity contribution in [2.75, 3.05) is 19.0 Å². The van der Waals surface area contributed by atoms with Crippen LogP contribution in [0.2, 0.25) is 0 Å². The minimum atomic E-state index is 0.380. The molecule has 0 unspecified atom stereocenters. The molecule has 0 amide bonds. The Balaban J connectivity index is 2.35. The second-order valence-corrected chi connectivity index (χ2v) is 4.89. The van der Waals surface area contributed by atoms with E-state index in [0.717, 1.165) is 28.3 Å². The lowest BCUT2D eigenvalue weighted by atomic mass is 10.1. The molecule has 0 saturated carbocycles. The average Bonchev–Trinajstić information content (AvgIpc) is 2.43. The van der Waals surface area contributed by atoms with Crippen LogP contribution in [0.5, 0.6) is 11.6 Å². The molecule has 0 aliphatic heterocycles. The fourth-order valence-electron chi connectivity index (χ4n) is 1.89. The van der Waals surface area contributed by atoms with Gasteiger partial charge in [-0.3, -0.25) is 0 Å². The molecule has 20 heavy (non-hydrogen) atoms. The highest BCUT2D eigenvalue weighted by Crippen LogP contribution is 2.27. The van der Waals surface area contributed by atoms with E-state index in [4.69, 9.17) is 10.5 Å². The highest BCUT2D eigenvalue weighted by Gasteiger charge is 2.12. The molecule has 0 spiro atoms. The topological polar surface area (TPSA) is 64.3 Å². The van der Waals surface area contributed by atoms with Crippen LogP contribution in [0, 0.1) is 13.8 Å². The van der Waals surface area contributed by atoms with Gasteiger partial charge in [-0.25, -0.2) is 0 Å². The summed E-state index contributed by atoms with van der Waals surface area (Å²) in [6.07, 6.45) is 0. The third kappa shape index (κ3) is 2.88. The Bertz CT molecular complexity index is 611. The van der Waals surface area contributed by atoms with Crippen molar-refractivity contribution >= 4 is 5.69 Å². The second kappa shape index (κ2) is 5.88. The van der Waals surface area contributed by atoms with E-state index in [1.165, 1.54) is 0 Å². The van der Waals surface area contributed by atoms with Gasteiger partial charge >= 0.3 is 0 Å². The van der Waals surface area contributed by atoms with Crippen LogP contribution >= 0.6 is 0 Å². The highest BCUT2D eigenvalue weighted by molar-refractivity contribution is 5.50. The normalized spacial score (nSPS) is 10.4. The minimum absolute atomic E-state index is 0.380. The summed E-state index contributed by atoms with van der Waals surface area (Å²) in [5.74, 6) is 1.20. The van der Waals surface area contributed by atoms with Gasteiger partial charge in [-0.05, 0) is 31.5 Å².